The summed E-state index contributed by atoms with van der Waals surface area (Å²) in [6.07, 6.45) is 3.75. The normalized spacial score (nSPS) is 15.2. The van der Waals surface area contributed by atoms with Gasteiger partial charge in [0.2, 0.25) is 0 Å². The summed E-state index contributed by atoms with van der Waals surface area (Å²) in [6, 6.07) is 5.01. The highest BCUT2D eigenvalue weighted by atomic mass is 79.9. The molecule has 0 saturated heterocycles. The van der Waals surface area contributed by atoms with Gasteiger partial charge in [0.25, 0.3) is 0 Å². The molecule has 0 aromatic carbocycles. The molecular weight excluding hydrogens is 352 g/mol. The summed E-state index contributed by atoms with van der Waals surface area (Å²) < 4.78 is 1.17. The van der Waals surface area contributed by atoms with Gasteiger partial charge in [-0.3, -0.25) is 0 Å². The van der Waals surface area contributed by atoms with Crippen molar-refractivity contribution >= 4 is 38.6 Å². The number of thiophene rings is 1. The molecule has 3 rings (SSSR count). The fourth-order valence-corrected chi connectivity index (χ4v) is 4.61. The summed E-state index contributed by atoms with van der Waals surface area (Å²) in [7, 11) is 0. The molecule has 0 aliphatic heterocycles. The predicted octanol–water partition coefficient (Wildman–Crippen LogP) is 5.08. The van der Waals surface area contributed by atoms with Crippen LogP contribution in [-0.2, 0) is 13.0 Å². The molecule has 0 amide bonds. The first-order chi connectivity index (χ1) is 9.61. The van der Waals surface area contributed by atoms with Crippen LogP contribution in [0.25, 0.3) is 9.88 Å². The number of hydrogen-bond donors (Lipinski definition) is 1. The van der Waals surface area contributed by atoms with E-state index < -0.39 is 0 Å². The largest absolute Gasteiger partial charge is 0.309 e. The Morgan fingerprint density at radius 1 is 1.35 bits per heavy atom. The summed E-state index contributed by atoms with van der Waals surface area (Å²) in [4.78, 5) is 7.59. The molecule has 108 valence electrons. The van der Waals surface area contributed by atoms with E-state index in [4.69, 9.17) is 4.98 Å². The molecule has 20 heavy (non-hydrogen) atoms. The molecule has 1 saturated carbocycles. The number of hydrogen-bond acceptors (Lipinski definition) is 4. The number of rotatable bonds is 6. The Morgan fingerprint density at radius 2 is 2.15 bits per heavy atom. The molecule has 0 atom stereocenters. The molecule has 2 nitrogen and oxygen atoms in total. The maximum Gasteiger partial charge on any atom is 0.133 e. The van der Waals surface area contributed by atoms with E-state index in [0.29, 0.717) is 5.92 Å². The first kappa shape index (κ1) is 14.7. The number of nitrogens with zero attached hydrogens (tertiary/aromatic N) is 1. The lowest BCUT2D eigenvalue weighted by molar-refractivity contribution is 0.624. The van der Waals surface area contributed by atoms with Gasteiger partial charge in [-0.1, -0.05) is 13.8 Å². The zero-order chi connectivity index (χ0) is 14.1. The van der Waals surface area contributed by atoms with Crippen molar-refractivity contribution in [2.75, 3.05) is 0 Å². The van der Waals surface area contributed by atoms with E-state index in [1.165, 1.54) is 37.1 Å². The van der Waals surface area contributed by atoms with Crippen LogP contribution in [0.5, 0.6) is 0 Å². The topological polar surface area (TPSA) is 24.9 Å². The van der Waals surface area contributed by atoms with Gasteiger partial charge in [0.15, 0.2) is 0 Å². The van der Waals surface area contributed by atoms with Crippen molar-refractivity contribution in [3.05, 3.63) is 26.5 Å². The molecule has 0 spiro atoms. The van der Waals surface area contributed by atoms with Crippen LogP contribution in [0.1, 0.15) is 37.3 Å². The summed E-state index contributed by atoms with van der Waals surface area (Å²) in [5, 5.41) is 4.79. The molecule has 0 unspecified atom stereocenters. The van der Waals surface area contributed by atoms with Crippen molar-refractivity contribution in [1.82, 2.24) is 10.3 Å². The average molecular weight is 371 g/mol. The summed E-state index contributed by atoms with van der Waals surface area (Å²) >= 11 is 7.15. The lowest BCUT2D eigenvalue weighted by Gasteiger charge is -2.05. The van der Waals surface area contributed by atoms with E-state index >= 15 is 0 Å². The van der Waals surface area contributed by atoms with Gasteiger partial charge in [-0.2, -0.15) is 0 Å². The third-order valence-electron chi connectivity index (χ3n) is 3.29. The fourth-order valence-electron chi connectivity index (χ4n) is 2.13. The average Bonchev–Trinajstić information content (AvgIpc) is 2.99. The highest BCUT2D eigenvalue weighted by Gasteiger charge is 2.22. The number of nitrogens with one attached hydrogen (secondary N) is 1. The van der Waals surface area contributed by atoms with Crippen LogP contribution in [0.2, 0.25) is 0 Å². The molecule has 2 aromatic rings. The SMILES string of the molecule is CC(C)Cc1nc(-c2ccc(Br)s2)sc1CNC1CC1. The Morgan fingerprint density at radius 3 is 2.75 bits per heavy atom. The van der Waals surface area contributed by atoms with Crippen molar-refractivity contribution in [2.24, 2.45) is 5.92 Å². The fraction of sp³-hybridized carbons (Fsp3) is 0.533. The Balaban J connectivity index is 1.83. The van der Waals surface area contributed by atoms with Crippen LogP contribution in [0, 0.1) is 5.92 Å². The van der Waals surface area contributed by atoms with E-state index in [2.05, 4.69) is 47.2 Å². The Bertz CT molecular complexity index is 584. The van der Waals surface area contributed by atoms with Gasteiger partial charge in [-0.25, -0.2) is 4.98 Å². The first-order valence-corrected chi connectivity index (χ1v) is 9.52. The van der Waals surface area contributed by atoms with E-state index in [-0.39, 0.29) is 0 Å². The minimum atomic E-state index is 0.652. The molecule has 1 fully saturated rings. The third-order valence-corrected chi connectivity index (χ3v) is 6.18. The van der Waals surface area contributed by atoms with Crippen molar-refractivity contribution in [1.29, 1.82) is 0 Å². The highest BCUT2D eigenvalue weighted by molar-refractivity contribution is 9.11. The summed E-state index contributed by atoms with van der Waals surface area (Å²) in [6.45, 7) is 5.51. The van der Waals surface area contributed by atoms with E-state index in [0.717, 1.165) is 19.0 Å². The molecule has 1 N–H and O–H groups in total. The van der Waals surface area contributed by atoms with Gasteiger partial charge in [0, 0.05) is 17.5 Å². The number of thiazole rings is 1. The lowest BCUT2D eigenvalue weighted by atomic mass is 10.1. The Kier molecular flexibility index (Phi) is 4.60. The van der Waals surface area contributed by atoms with Crippen molar-refractivity contribution in [2.45, 2.75) is 45.7 Å². The lowest BCUT2D eigenvalue weighted by Crippen LogP contribution is -2.15. The maximum atomic E-state index is 4.90. The predicted molar refractivity (Wildman–Crippen MR) is 91.5 cm³/mol. The highest BCUT2D eigenvalue weighted by Crippen LogP contribution is 2.36. The molecule has 2 aromatic heterocycles. The smallest absolute Gasteiger partial charge is 0.133 e. The van der Waals surface area contributed by atoms with E-state index in [1.807, 2.05) is 11.3 Å². The van der Waals surface area contributed by atoms with Gasteiger partial charge in [0.1, 0.15) is 5.01 Å². The molecule has 2 heterocycles. The Hall–Kier alpha value is -0.230. The second-order valence-corrected chi connectivity index (χ2v) is 9.29. The minimum Gasteiger partial charge on any atom is -0.309 e. The molecule has 5 heteroatoms. The zero-order valence-electron chi connectivity index (χ0n) is 11.8. The van der Waals surface area contributed by atoms with Crippen LogP contribution >= 0.6 is 38.6 Å². The van der Waals surface area contributed by atoms with Crippen LogP contribution in [0.15, 0.2) is 15.9 Å². The zero-order valence-corrected chi connectivity index (χ0v) is 15.0. The number of halogens is 1. The maximum absolute atomic E-state index is 4.90. The van der Waals surface area contributed by atoms with Gasteiger partial charge < -0.3 is 5.32 Å². The van der Waals surface area contributed by atoms with E-state index in [9.17, 15) is 0 Å². The molecule has 0 bridgehead atoms. The quantitative estimate of drug-likeness (QED) is 0.766. The summed E-state index contributed by atoms with van der Waals surface area (Å²) in [5.74, 6) is 0.652. The van der Waals surface area contributed by atoms with Crippen molar-refractivity contribution < 1.29 is 0 Å². The second-order valence-electron chi connectivity index (χ2n) is 5.75. The van der Waals surface area contributed by atoms with Crippen molar-refractivity contribution in [3.8, 4) is 9.88 Å². The van der Waals surface area contributed by atoms with Crippen molar-refractivity contribution in [3.63, 3.8) is 0 Å². The molecule has 1 aliphatic rings. The Labute approximate surface area is 136 Å². The third kappa shape index (κ3) is 3.70. The van der Waals surface area contributed by atoms with Crippen LogP contribution in [0.3, 0.4) is 0 Å². The van der Waals surface area contributed by atoms with Gasteiger partial charge in [-0.05, 0) is 53.2 Å². The molecule has 0 radical (unpaired) electrons. The monoisotopic (exact) mass is 370 g/mol. The van der Waals surface area contributed by atoms with E-state index in [1.54, 1.807) is 11.3 Å². The van der Waals surface area contributed by atoms with Crippen LogP contribution in [-0.4, -0.2) is 11.0 Å². The molecular formula is C15H19BrN2S2. The first-order valence-electron chi connectivity index (χ1n) is 7.09. The van der Waals surface area contributed by atoms with Gasteiger partial charge in [-0.15, -0.1) is 22.7 Å². The standard InChI is InChI=1S/C15H19BrN2S2/c1-9(2)7-11-13(8-17-10-3-4-10)20-15(18-11)12-5-6-14(16)19-12/h5-6,9-10,17H,3-4,7-8H2,1-2H3. The molecule has 1 aliphatic carbocycles. The van der Waals surface area contributed by atoms with Crippen LogP contribution < -0.4 is 5.32 Å². The van der Waals surface area contributed by atoms with Crippen LogP contribution in [0.4, 0.5) is 0 Å². The van der Waals surface area contributed by atoms with Gasteiger partial charge in [0.05, 0.1) is 14.4 Å². The minimum absolute atomic E-state index is 0.652. The number of aromatic nitrogens is 1. The second kappa shape index (κ2) is 6.26. The van der Waals surface area contributed by atoms with Gasteiger partial charge >= 0.3 is 0 Å². The summed E-state index contributed by atoms with van der Waals surface area (Å²) in [5.41, 5.74) is 1.29.